The van der Waals surface area contributed by atoms with E-state index >= 15 is 0 Å². The van der Waals surface area contributed by atoms with Crippen LogP contribution in [0.1, 0.15) is 42.1 Å². The van der Waals surface area contributed by atoms with Gasteiger partial charge in [0, 0.05) is 16.2 Å². The molecule has 0 radical (unpaired) electrons. The first-order valence-corrected chi connectivity index (χ1v) is 10.0. The molecule has 0 saturated carbocycles. The smallest absolute Gasteiger partial charge is 0.314 e. The first kappa shape index (κ1) is 20.5. The van der Waals surface area contributed by atoms with Gasteiger partial charge in [-0.05, 0) is 59.4 Å². The van der Waals surface area contributed by atoms with Crippen molar-refractivity contribution in [3.8, 4) is 0 Å². The summed E-state index contributed by atoms with van der Waals surface area (Å²) in [5.74, 6) is -0.442. The largest absolute Gasteiger partial charge is 0.459 e. The monoisotopic (exact) mass is 415 g/mol. The number of nitrogens with one attached hydrogen (secondary N) is 1. The van der Waals surface area contributed by atoms with Crippen LogP contribution in [0.4, 0.5) is 0 Å². The molecule has 3 aromatic rings. The fourth-order valence-electron chi connectivity index (χ4n) is 3.25. The zero-order valence-electron chi connectivity index (χ0n) is 15.9. The molecule has 1 aromatic heterocycles. The first-order valence-electron chi connectivity index (χ1n) is 9.25. The number of ether oxygens (including phenoxy) is 1. The van der Waals surface area contributed by atoms with Crippen LogP contribution in [0.3, 0.4) is 0 Å². The van der Waals surface area contributed by atoms with Crippen molar-refractivity contribution in [3.05, 3.63) is 93.2 Å². The zero-order valence-corrected chi connectivity index (χ0v) is 17.4. The quantitative estimate of drug-likeness (QED) is 0.453. The molecule has 146 valence electrons. The van der Waals surface area contributed by atoms with Crippen LogP contribution >= 0.6 is 23.2 Å². The summed E-state index contributed by atoms with van der Waals surface area (Å²) in [5, 5.41) is 1.37. The van der Waals surface area contributed by atoms with Gasteiger partial charge in [0.1, 0.15) is 6.61 Å². The Morgan fingerprint density at radius 2 is 1.57 bits per heavy atom. The van der Waals surface area contributed by atoms with E-state index in [1.807, 2.05) is 62.5 Å². The Morgan fingerprint density at radius 3 is 2.18 bits per heavy atom. The van der Waals surface area contributed by atoms with Crippen molar-refractivity contribution < 1.29 is 9.53 Å². The SMILES string of the molecule is CC(C)C(C(=O)OCc1[nH]ccc1Cc1ccc(Cl)cc1)c1ccc(Cl)cc1. The van der Waals surface area contributed by atoms with Crippen molar-refractivity contribution in [2.45, 2.75) is 32.8 Å². The van der Waals surface area contributed by atoms with Crippen molar-refractivity contribution >= 4 is 29.2 Å². The van der Waals surface area contributed by atoms with E-state index in [1.165, 1.54) is 0 Å². The summed E-state index contributed by atoms with van der Waals surface area (Å²) < 4.78 is 5.67. The Morgan fingerprint density at radius 1 is 0.964 bits per heavy atom. The molecule has 0 saturated heterocycles. The second kappa shape index (κ2) is 9.31. The molecule has 0 amide bonds. The molecule has 2 aromatic carbocycles. The van der Waals surface area contributed by atoms with Gasteiger partial charge in [0.15, 0.2) is 0 Å². The number of hydrogen-bond donors (Lipinski definition) is 1. The van der Waals surface area contributed by atoms with Crippen LogP contribution in [0.15, 0.2) is 60.8 Å². The Balaban J connectivity index is 1.67. The summed E-state index contributed by atoms with van der Waals surface area (Å²) in [6, 6.07) is 17.1. The number of aromatic nitrogens is 1. The number of H-pyrrole nitrogens is 1. The molecule has 0 bridgehead atoms. The van der Waals surface area contributed by atoms with Gasteiger partial charge in [0.25, 0.3) is 0 Å². The van der Waals surface area contributed by atoms with Crippen LogP contribution < -0.4 is 0 Å². The van der Waals surface area contributed by atoms with Gasteiger partial charge in [-0.2, -0.15) is 0 Å². The third-order valence-corrected chi connectivity index (χ3v) is 5.25. The average Bonchev–Trinajstić information content (AvgIpc) is 3.10. The van der Waals surface area contributed by atoms with Crippen molar-refractivity contribution in [1.29, 1.82) is 0 Å². The van der Waals surface area contributed by atoms with Gasteiger partial charge >= 0.3 is 5.97 Å². The molecular formula is C23H23Cl2NO2. The topological polar surface area (TPSA) is 42.1 Å². The second-order valence-corrected chi connectivity index (χ2v) is 8.04. The third kappa shape index (κ3) is 5.18. The zero-order chi connectivity index (χ0) is 20.1. The van der Waals surface area contributed by atoms with Crippen molar-refractivity contribution in [1.82, 2.24) is 4.98 Å². The van der Waals surface area contributed by atoms with E-state index in [0.717, 1.165) is 28.8 Å². The maximum Gasteiger partial charge on any atom is 0.314 e. The lowest BCUT2D eigenvalue weighted by Gasteiger charge is -2.20. The van der Waals surface area contributed by atoms with Crippen molar-refractivity contribution in [2.75, 3.05) is 0 Å². The Hall–Kier alpha value is -2.23. The first-order chi connectivity index (χ1) is 13.4. The molecule has 3 nitrogen and oxygen atoms in total. The highest BCUT2D eigenvalue weighted by molar-refractivity contribution is 6.30. The standard InChI is InChI=1S/C23H23Cl2NO2/c1-15(2)22(17-5-9-20(25)10-6-17)23(27)28-14-21-18(11-12-26-21)13-16-3-7-19(24)8-4-16/h3-12,15,22,26H,13-14H2,1-2H3. The van der Waals surface area contributed by atoms with Crippen LogP contribution in [0.25, 0.3) is 0 Å². The van der Waals surface area contributed by atoms with Gasteiger partial charge in [0.05, 0.1) is 11.6 Å². The van der Waals surface area contributed by atoms with Crippen molar-refractivity contribution in [3.63, 3.8) is 0 Å². The molecular weight excluding hydrogens is 393 g/mol. The third-order valence-electron chi connectivity index (χ3n) is 4.75. The molecule has 28 heavy (non-hydrogen) atoms. The van der Waals surface area contributed by atoms with Crippen LogP contribution in [0.2, 0.25) is 10.0 Å². The number of carbonyl (C=O) groups is 1. The van der Waals surface area contributed by atoms with Gasteiger partial charge < -0.3 is 9.72 Å². The van der Waals surface area contributed by atoms with E-state index in [-0.39, 0.29) is 24.4 Å². The normalized spacial score (nSPS) is 12.2. The minimum absolute atomic E-state index is 0.117. The maximum absolute atomic E-state index is 12.8. The van der Waals surface area contributed by atoms with E-state index in [1.54, 1.807) is 12.1 Å². The van der Waals surface area contributed by atoms with Gasteiger partial charge in [-0.3, -0.25) is 4.79 Å². The van der Waals surface area contributed by atoms with Crippen LogP contribution in [0.5, 0.6) is 0 Å². The number of carbonyl (C=O) groups excluding carboxylic acids is 1. The number of rotatable bonds is 7. The molecule has 5 heteroatoms. The fourth-order valence-corrected chi connectivity index (χ4v) is 3.51. The van der Waals surface area contributed by atoms with Gasteiger partial charge in [-0.25, -0.2) is 0 Å². The van der Waals surface area contributed by atoms with Crippen LogP contribution in [-0.4, -0.2) is 11.0 Å². The van der Waals surface area contributed by atoms with Crippen LogP contribution in [0, 0.1) is 5.92 Å². The molecule has 0 aliphatic carbocycles. The highest BCUT2D eigenvalue weighted by Crippen LogP contribution is 2.28. The van der Waals surface area contributed by atoms with E-state index in [2.05, 4.69) is 4.98 Å². The second-order valence-electron chi connectivity index (χ2n) is 7.17. The Bertz CT molecular complexity index is 915. The van der Waals surface area contributed by atoms with Gasteiger partial charge in [-0.15, -0.1) is 0 Å². The molecule has 3 rings (SSSR count). The minimum atomic E-state index is -0.327. The summed E-state index contributed by atoms with van der Waals surface area (Å²) in [4.78, 5) is 16.0. The van der Waals surface area contributed by atoms with E-state index in [4.69, 9.17) is 27.9 Å². The maximum atomic E-state index is 12.8. The molecule has 0 aliphatic heterocycles. The predicted octanol–water partition coefficient (Wildman–Crippen LogP) is 6.40. The van der Waals surface area contributed by atoms with E-state index < -0.39 is 0 Å². The Kier molecular flexibility index (Phi) is 6.82. The Labute approximate surface area is 175 Å². The highest BCUT2D eigenvalue weighted by Gasteiger charge is 2.26. The van der Waals surface area contributed by atoms with Gasteiger partial charge in [0.2, 0.25) is 0 Å². The number of aromatic amines is 1. The fraction of sp³-hybridized carbons (Fsp3) is 0.261. The lowest BCUT2D eigenvalue weighted by molar-refractivity contribution is -0.148. The molecule has 1 unspecified atom stereocenters. The summed E-state index contributed by atoms with van der Waals surface area (Å²) in [7, 11) is 0. The summed E-state index contributed by atoms with van der Waals surface area (Å²) in [6.45, 7) is 4.24. The van der Waals surface area contributed by atoms with E-state index in [0.29, 0.717) is 10.0 Å². The lowest BCUT2D eigenvalue weighted by Crippen LogP contribution is -2.21. The number of hydrogen-bond acceptors (Lipinski definition) is 2. The molecule has 1 N–H and O–H groups in total. The molecule has 1 heterocycles. The van der Waals surface area contributed by atoms with Crippen molar-refractivity contribution in [2.24, 2.45) is 5.92 Å². The van der Waals surface area contributed by atoms with E-state index in [9.17, 15) is 4.79 Å². The predicted molar refractivity (Wildman–Crippen MR) is 114 cm³/mol. The number of esters is 1. The molecule has 0 aliphatic rings. The lowest BCUT2D eigenvalue weighted by atomic mass is 9.88. The summed E-state index contributed by atoms with van der Waals surface area (Å²) >= 11 is 11.9. The summed E-state index contributed by atoms with van der Waals surface area (Å²) in [6.07, 6.45) is 2.62. The molecule has 1 atom stereocenters. The average molecular weight is 416 g/mol. The van der Waals surface area contributed by atoms with Crippen LogP contribution in [-0.2, 0) is 22.6 Å². The summed E-state index contributed by atoms with van der Waals surface area (Å²) in [5.41, 5.74) is 4.07. The molecule has 0 spiro atoms. The number of halogens is 2. The number of benzene rings is 2. The van der Waals surface area contributed by atoms with Gasteiger partial charge in [-0.1, -0.05) is 61.3 Å². The highest BCUT2D eigenvalue weighted by atomic mass is 35.5. The molecule has 0 fully saturated rings. The minimum Gasteiger partial charge on any atom is -0.459 e.